The van der Waals surface area contributed by atoms with Gasteiger partial charge in [0.2, 0.25) is 5.91 Å². The fourth-order valence-electron chi connectivity index (χ4n) is 4.72. The van der Waals surface area contributed by atoms with Crippen LogP contribution < -0.4 is 15.0 Å². The number of ketones is 1. The van der Waals surface area contributed by atoms with Crippen molar-refractivity contribution < 1.29 is 28.6 Å². The molecule has 7 nitrogen and oxygen atoms in total. The predicted molar refractivity (Wildman–Crippen MR) is 158 cm³/mol. The summed E-state index contributed by atoms with van der Waals surface area (Å²) in [6.07, 6.45) is 1.79. The van der Waals surface area contributed by atoms with Crippen molar-refractivity contribution in [3.8, 4) is 5.75 Å². The van der Waals surface area contributed by atoms with Crippen molar-refractivity contribution in [1.29, 1.82) is 0 Å². The molecule has 2 N–H and O–H groups in total. The van der Waals surface area contributed by atoms with Crippen LogP contribution >= 0.6 is 0 Å². The summed E-state index contributed by atoms with van der Waals surface area (Å²) in [5.74, 6) is -1.32. The number of anilines is 2. The Kier molecular flexibility index (Phi) is 8.92. The number of nitrogens with one attached hydrogen (secondary N) is 1. The second-order valence-corrected chi connectivity index (χ2v) is 10.2. The van der Waals surface area contributed by atoms with E-state index >= 15 is 0 Å². The quantitative estimate of drug-likeness (QED) is 0.193. The molecule has 0 radical (unpaired) electrons. The van der Waals surface area contributed by atoms with Crippen molar-refractivity contribution >= 4 is 29.0 Å². The van der Waals surface area contributed by atoms with Gasteiger partial charge in [-0.15, -0.1) is 0 Å². The van der Waals surface area contributed by atoms with Crippen molar-refractivity contribution in [2.24, 2.45) is 5.92 Å². The van der Waals surface area contributed by atoms with Crippen molar-refractivity contribution in [2.75, 3.05) is 23.4 Å². The maximum absolute atomic E-state index is 14.4. The minimum absolute atomic E-state index is 0.0666. The molecule has 5 rings (SSSR count). The highest BCUT2D eigenvalue weighted by molar-refractivity contribution is 6.12. The van der Waals surface area contributed by atoms with Gasteiger partial charge >= 0.3 is 5.97 Å². The van der Waals surface area contributed by atoms with Crippen LogP contribution in [0.5, 0.6) is 5.75 Å². The van der Waals surface area contributed by atoms with Crippen LogP contribution in [-0.4, -0.2) is 42.0 Å². The molecule has 0 spiro atoms. The highest BCUT2D eigenvalue weighted by Crippen LogP contribution is 2.33. The molecule has 1 aliphatic rings. The van der Waals surface area contributed by atoms with Gasteiger partial charge in [0.05, 0.1) is 12.2 Å². The lowest BCUT2D eigenvalue weighted by Crippen LogP contribution is -2.36. The van der Waals surface area contributed by atoms with Crippen molar-refractivity contribution in [3.63, 3.8) is 0 Å². The number of ether oxygens (including phenoxy) is 1. The average Bonchev–Trinajstić information content (AvgIpc) is 3.86. The normalized spacial score (nSPS) is 13.2. The molecule has 42 heavy (non-hydrogen) atoms. The minimum atomic E-state index is -1.05. The molecule has 1 fully saturated rings. The molecule has 1 atom stereocenters. The van der Waals surface area contributed by atoms with Crippen LogP contribution in [0.3, 0.4) is 0 Å². The first kappa shape index (κ1) is 28.5. The smallest absolute Gasteiger partial charge is 0.326 e. The molecule has 0 aromatic heterocycles. The first-order valence-electron chi connectivity index (χ1n) is 13.9. The molecule has 0 bridgehead atoms. The SMILES string of the molecule is O=C(c1ccccc1)c1ccccc1N[C@@H](Cc1ccc(OCCN(C(=O)C2CC2)c2ccccc2F)cc1)C(=O)O. The predicted octanol–water partition coefficient (Wildman–Crippen LogP) is 5.99. The summed E-state index contributed by atoms with van der Waals surface area (Å²) in [7, 11) is 0. The van der Waals surface area contributed by atoms with E-state index in [1.165, 1.54) is 11.0 Å². The zero-order valence-corrected chi connectivity index (χ0v) is 22.9. The second kappa shape index (κ2) is 13.1. The fraction of sp³-hybridized carbons (Fsp3) is 0.206. The maximum Gasteiger partial charge on any atom is 0.326 e. The molecule has 0 heterocycles. The molecule has 0 aliphatic heterocycles. The number of carboxylic acid groups (broad SMARTS) is 1. The highest BCUT2D eigenvalue weighted by Gasteiger charge is 2.34. The summed E-state index contributed by atoms with van der Waals surface area (Å²) >= 11 is 0. The number of rotatable bonds is 13. The lowest BCUT2D eigenvalue weighted by atomic mass is 10.00. The first-order chi connectivity index (χ1) is 20.4. The van der Waals surface area contributed by atoms with Crippen molar-refractivity contribution in [1.82, 2.24) is 0 Å². The number of carboxylic acids is 1. The van der Waals surface area contributed by atoms with Crippen molar-refractivity contribution in [2.45, 2.75) is 25.3 Å². The van der Waals surface area contributed by atoms with Gasteiger partial charge in [-0.25, -0.2) is 9.18 Å². The Morgan fingerprint density at radius 2 is 1.55 bits per heavy atom. The lowest BCUT2D eigenvalue weighted by molar-refractivity contribution is -0.137. The van der Waals surface area contributed by atoms with E-state index in [-0.39, 0.29) is 42.9 Å². The standard InChI is InChI=1S/C34H31FN2O5/c35-28-11-5-7-13-31(28)37(33(39)25-16-17-25)20-21-42-26-18-14-23(15-19-26)22-30(34(40)41)36-29-12-6-4-10-27(29)32(38)24-8-2-1-3-9-24/h1-15,18-19,25,30,36H,16-17,20-22H2,(H,40,41)/t30-/m0/s1. The zero-order valence-electron chi connectivity index (χ0n) is 22.9. The molecule has 4 aromatic carbocycles. The number of amides is 1. The number of hydrogen-bond acceptors (Lipinski definition) is 5. The maximum atomic E-state index is 14.4. The van der Waals surface area contributed by atoms with Crippen molar-refractivity contribution in [3.05, 3.63) is 126 Å². The average molecular weight is 567 g/mol. The monoisotopic (exact) mass is 566 g/mol. The lowest BCUT2D eigenvalue weighted by Gasteiger charge is -2.23. The Labute approximate surface area is 243 Å². The molecule has 1 amide bonds. The molecule has 8 heteroatoms. The first-order valence-corrected chi connectivity index (χ1v) is 13.9. The van der Waals surface area contributed by atoms with Gasteiger partial charge < -0.3 is 20.1 Å². The van der Waals surface area contributed by atoms with Crippen LogP contribution in [0, 0.1) is 11.7 Å². The summed E-state index contributed by atoms with van der Waals surface area (Å²) < 4.78 is 20.3. The van der Waals surface area contributed by atoms with Crippen LogP contribution in [0.25, 0.3) is 0 Å². The van der Waals surface area contributed by atoms with E-state index in [0.29, 0.717) is 22.6 Å². The summed E-state index contributed by atoms with van der Waals surface area (Å²) in [6, 6.07) is 27.9. The number of carbonyl (C=O) groups excluding carboxylic acids is 2. The fourth-order valence-corrected chi connectivity index (χ4v) is 4.72. The number of halogens is 1. The van der Waals surface area contributed by atoms with Crippen LogP contribution in [0.1, 0.15) is 34.3 Å². The number of nitrogens with zero attached hydrogens (tertiary/aromatic N) is 1. The van der Waals surface area contributed by atoms with Gasteiger partial charge in [-0.3, -0.25) is 9.59 Å². The Morgan fingerprint density at radius 3 is 2.24 bits per heavy atom. The molecule has 1 aliphatic carbocycles. The van der Waals surface area contributed by atoms with E-state index in [9.17, 15) is 23.9 Å². The largest absolute Gasteiger partial charge is 0.492 e. The van der Waals surface area contributed by atoms with Crippen LogP contribution in [0.15, 0.2) is 103 Å². The third-order valence-corrected chi connectivity index (χ3v) is 7.12. The summed E-state index contributed by atoms with van der Waals surface area (Å²) in [6.45, 7) is 0.363. The van der Waals surface area contributed by atoms with E-state index in [1.807, 2.05) is 6.07 Å². The molecular formula is C34H31FN2O5. The topological polar surface area (TPSA) is 95.9 Å². The Morgan fingerprint density at radius 1 is 0.881 bits per heavy atom. The Balaban J connectivity index is 1.21. The zero-order chi connectivity index (χ0) is 29.5. The van der Waals surface area contributed by atoms with Gasteiger partial charge in [-0.05, 0) is 54.8 Å². The van der Waals surface area contributed by atoms with Crippen LogP contribution in [0.4, 0.5) is 15.8 Å². The van der Waals surface area contributed by atoms with Crippen LogP contribution in [0.2, 0.25) is 0 Å². The molecule has 0 unspecified atom stereocenters. The van der Waals surface area contributed by atoms with Gasteiger partial charge in [-0.1, -0.05) is 66.7 Å². The van der Waals surface area contributed by atoms with E-state index in [1.54, 1.807) is 91.0 Å². The number of hydrogen-bond donors (Lipinski definition) is 2. The van der Waals surface area contributed by atoms with E-state index < -0.39 is 17.8 Å². The summed E-state index contributed by atoms with van der Waals surface area (Å²) in [5.41, 5.74) is 2.35. The van der Waals surface area contributed by atoms with Gasteiger partial charge in [-0.2, -0.15) is 0 Å². The Bertz CT molecular complexity index is 1550. The van der Waals surface area contributed by atoms with E-state index in [2.05, 4.69) is 5.32 Å². The number of benzene rings is 4. The molecule has 1 saturated carbocycles. The van der Waals surface area contributed by atoms with Gasteiger partial charge in [0.1, 0.15) is 24.2 Å². The van der Waals surface area contributed by atoms with Gasteiger partial charge in [0.25, 0.3) is 0 Å². The molecule has 0 saturated heterocycles. The Hall–Kier alpha value is -4.98. The van der Waals surface area contributed by atoms with Crippen LogP contribution in [-0.2, 0) is 16.0 Å². The summed E-state index contributed by atoms with van der Waals surface area (Å²) in [4.78, 5) is 39.5. The third-order valence-electron chi connectivity index (χ3n) is 7.12. The third kappa shape index (κ3) is 7.01. The minimum Gasteiger partial charge on any atom is -0.492 e. The summed E-state index contributed by atoms with van der Waals surface area (Å²) in [5, 5.41) is 13.0. The van der Waals surface area contributed by atoms with Gasteiger partial charge in [0, 0.05) is 29.2 Å². The molecule has 4 aromatic rings. The number of para-hydroxylation sites is 2. The number of aliphatic carboxylic acids is 1. The number of carbonyl (C=O) groups is 3. The van der Waals surface area contributed by atoms with E-state index in [4.69, 9.17) is 4.74 Å². The highest BCUT2D eigenvalue weighted by atomic mass is 19.1. The van der Waals surface area contributed by atoms with Gasteiger partial charge in [0.15, 0.2) is 5.78 Å². The molecular weight excluding hydrogens is 535 g/mol. The molecule has 214 valence electrons. The second-order valence-electron chi connectivity index (χ2n) is 10.2. The van der Waals surface area contributed by atoms with E-state index in [0.717, 1.165) is 18.4 Å².